The molecule has 0 spiro atoms. The maximum atomic E-state index is 10.8. The molecule has 0 unspecified atom stereocenters. The molecule has 0 radical (unpaired) electrons. The van der Waals surface area contributed by atoms with Gasteiger partial charge in [0.1, 0.15) is 0 Å². The number of methoxy groups -OCH3 is 2. The predicted octanol–water partition coefficient (Wildman–Crippen LogP) is 5.05. The average Bonchev–Trinajstić information content (AvgIpc) is 2.98. The molecule has 0 aromatic rings. The lowest BCUT2D eigenvalue weighted by Gasteiger charge is -1.95. The molecule has 40 heavy (non-hydrogen) atoms. The molecule has 0 saturated heterocycles. The zero-order valence-corrected chi connectivity index (χ0v) is 24.8. The third-order valence-electron chi connectivity index (χ3n) is 4.65. The quantitative estimate of drug-likeness (QED) is 0.105. The van der Waals surface area contributed by atoms with E-state index in [0.717, 1.165) is 64.9 Å². The summed E-state index contributed by atoms with van der Waals surface area (Å²) in [5.74, 6) is 17.2. The van der Waals surface area contributed by atoms with Gasteiger partial charge in [-0.15, -0.1) is 11.8 Å². The third kappa shape index (κ3) is 41.8. The van der Waals surface area contributed by atoms with E-state index >= 15 is 0 Å². The standard InChI is InChI=1S/C16H26O3.C16H20O3.CH4O/c2*1-19-16(18)14-12-10-8-6-4-2-3-5-7-9-11-13-15-17;1-2/h2-3,6-9,17H,4-5,10-15H2,1H3;17H,4-5,10-15H2,1H3;2H,1H3/b3-2-,8-6-,9-7-;;. The Balaban J connectivity index is -0.000000644. The molecular formula is C33H50O7. The molecule has 0 saturated carbocycles. The van der Waals surface area contributed by atoms with Crippen LogP contribution >= 0.6 is 0 Å². The Bertz CT molecular complexity index is 852. The van der Waals surface area contributed by atoms with Gasteiger partial charge in [-0.2, -0.15) is 0 Å². The highest BCUT2D eigenvalue weighted by atomic mass is 16.5. The Hall–Kier alpha value is -3.28. The second-order valence-corrected chi connectivity index (χ2v) is 7.89. The number of carbonyl (C=O) groups is 2. The van der Waals surface area contributed by atoms with Crippen molar-refractivity contribution in [3.05, 3.63) is 36.5 Å². The maximum absolute atomic E-state index is 10.8. The Morgan fingerprint density at radius 2 is 0.975 bits per heavy atom. The van der Waals surface area contributed by atoms with Crippen molar-refractivity contribution >= 4 is 11.9 Å². The van der Waals surface area contributed by atoms with Crippen LogP contribution in [0.3, 0.4) is 0 Å². The average molecular weight is 559 g/mol. The topological polar surface area (TPSA) is 113 Å². The van der Waals surface area contributed by atoms with Crippen molar-refractivity contribution in [3.63, 3.8) is 0 Å². The van der Waals surface area contributed by atoms with Crippen LogP contribution in [0.5, 0.6) is 0 Å². The summed E-state index contributed by atoms with van der Waals surface area (Å²) in [6.45, 7) is 0.451. The molecule has 3 N–H and O–H groups in total. The highest BCUT2D eigenvalue weighted by Gasteiger charge is 1.97. The lowest BCUT2D eigenvalue weighted by Crippen LogP contribution is -1.98. The molecule has 0 bridgehead atoms. The van der Waals surface area contributed by atoms with Crippen molar-refractivity contribution in [2.75, 3.05) is 34.5 Å². The largest absolute Gasteiger partial charge is 0.469 e. The molecule has 0 atom stereocenters. The van der Waals surface area contributed by atoms with Gasteiger partial charge >= 0.3 is 11.9 Å². The number of ether oxygens (including phenoxy) is 2. The van der Waals surface area contributed by atoms with Crippen LogP contribution < -0.4 is 0 Å². The van der Waals surface area contributed by atoms with E-state index in [4.69, 9.17) is 15.3 Å². The molecule has 0 amide bonds. The van der Waals surface area contributed by atoms with Gasteiger partial charge in [0.2, 0.25) is 0 Å². The van der Waals surface area contributed by atoms with Crippen molar-refractivity contribution < 1.29 is 34.4 Å². The minimum Gasteiger partial charge on any atom is -0.469 e. The first-order valence-electron chi connectivity index (χ1n) is 13.7. The van der Waals surface area contributed by atoms with E-state index in [9.17, 15) is 9.59 Å². The van der Waals surface area contributed by atoms with Gasteiger partial charge in [0.15, 0.2) is 0 Å². The first-order chi connectivity index (χ1) is 19.6. The minimum absolute atomic E-state index is 0.138. The van der Waals surface area contributed by atoms with Crippen molar-refractivity contribution in [3.8, 4) is 35.5 Å². The monoisotopic (exact) mass is 558 g/mol. The van der Waals surface area contributed by atoms with Gasteiger partial charge < -0.3 is 24.8 Å². The smallest absolute Gasteiger partial charge is 0.305 e. The summed E-state index contributed by atoms with van der Waals surface area (Å²) in [5.41, 5.74) is 0. The van der Waals surface area contributed by atoms with Gasteiger partial charge in [-0.3, -0.25) is 9.59 Å². The highest BCUT2D eigenvalue weighted by Crippen LogP contribution is 2.00. The molecule has 0 aliphatic rings. The van der Waals surface area contributed by atoms with Gasteiger partial charge in [0, 0.05) is 46.0 Å². The van der Waals surface area contributed by atoms with Crippen LogP contribution in [-0.2, 0) is 19.1 Å². The van der Waals surface area contributed by atoms with Crippen LogP contribution in [0.15, 0.2) is 36.5 Å². The number of hydrogen-bond donors (Lipinski definition) is 3. The number of esters is 2. The summed E-state index contributed by atoms with van der Waals surface area (Å²) in [7, 11) is 3.80. The molecular weight excluding hydrogens is 508 g/mol. The predicted molar refractivity (Wildman–Crippen MR) is 162 cm³/mol. The van der Waals surface area contributed by atoms with Gasteiger partial charge in [-0.25, -0.2) is 0 Å². The first kappa shape index (κ1) is 41.2. The van der Waals surface area contributed by atoms with Gasteiger partial charge in [-0.05, 0) is 51.4 Å². The fraction of sp³-hybridized carbons (Fsp3) is 0.576. The zero-order chi connectivity index (χ0) is 30.4. The van der Waals surface area contributed by atoms with Crippen molar-refractivity contribution in [2.24, 2.45) is 0 Å². The fourth-order valence-electron chi connectivity index (χ4n) is 2.56. The second-order valence-electron chi connectivity index (χ2n) is 7.89. The number of allylic oxidation sites excluding steroid dienone is 6. The Morgan fingerprint density at radius 3 is 1.45 bits per heavy atom. The zero-order valence-electron chi connectivity index (χ0n) is 24.8. The molecule has 0 fully saturated rings. The Kier molecular flexibility index (Phi) is 41.4. The molecule has 7 nitrogen and oxygen atoms in total. The molecule has 0 aliphatic carbocycles. The molecule has 0 aromatic heterocycles. The fourth-order valence-corrected chi connectivity index (χ4v) is 2.56. The van der Waals surface area contributed by atoms with Crippen LogP contribution in [0.4, 0.5) is 0 Å². The Morgan fingerprint density at radius 1 is 0.575 bits per heavy atom. The lowest BCUT2D eigenvalue weighted by atomic mass is 10.2. The molecule has 0 aliphatic heterocycles. The van der Waals surface area contributed by atoms with Gasteiger partial charge in [0.25, 0.3) is 0 Å². The van der Waals surface area contributed by atoms with Crippen LogP contribution in [0.25, 0.3) is 0 Å². The molecule has 7 heteroatoms. The van der Waals surface area contributed by atoms with Gasteiger partial charge in [0.05, 0.1) is 27.1 Å². The van der Waals surface area contributed by atoms with E-state index in [-0.39, 0.29) is 25.2 Å². The minimum atomic E-state index is -0.193. The van der Waals surface area contributed by atoms with E-state index in [1.54, 1.807) is 0 Å². The number of hydrogen-bond acceptors (Lipinski definition) is 7. The SMILES string of the molecule is CO.COC(=O)CCC/C=C\C/C=C\C/C=C\CCCO.COC(=O)CCCC#CCC#CCC#CCCCO. The second kappa shape index (κ2) is 40.2. The van der Waals surface area contributed by atoms with E-state index < -0.39 is 0 Å². The van der Waals surface area contributed by atoms with Gasteiger partial charge in [-0.1, -0.05) is 60.1 Å². The summed E-state index contributed by atoms with van der Waals surface area (Å²) in [6.07, 6.45) is 23.0. The Labute approximate surface area is 242 Å². The maximum Gasteiger partial charge on any atom is 0.305 e. The van der Waals surface area contributed by atoms with Crippen molar-refractivity contribution in [1.29, 1.82) is 0 Å². The number of unbranched alkanes of at least 4 members (excludes halogenated alkanes) is 4. The summed E-state index contributed by atoms with van der Waals surface area (Å²) >= 11 is 0. The van der Waals surface area contributed by atoms with E-state index in [1.165, 1.54) is 14.2 Å². The normalized spacial score (nSPS) is 9.65. The number of aliphatic hydroxyl groups is 3. The van der Waals surface area contributed by atoms with E-state index in [2.05, 4.69) is 81.5 Å². The van der Waals surface area contributed by atoms with E-state index in [1.807, 2.05) is 0 Å². The molecule has 0 rings (SSSR count). The van der Waals surface area contributed by atoms with Crippen LogP contribution in [0.1, 0.15) is 89.9 Å². The van der Waals surface area contributed by atoms with Crippen LogP contribution in [-0.4, -0.2) is 61.8 Å². The number of rotatable bonds is 16. The summed E-state index contributed by atoms with van der Waals surface area (Å²) < 4.78 is 9.08. The first-order valence-corrected chi connectivity index (χ1v) is 13.7. The number of aliphatic hydroxyl groups excluding tert-OH is 3. The van der Waals surface area contributed by atoms with Crippen LogP contribution in [0.2, 0.25) is 0 Å². The number of carbonyl (C=O) groups excluding carboxylic acids is 2. The molecule has 0 heterocycles. The lowest BCUT2D eigenvalue weighted by molar-refractivity contribution is -0.141. The van der Waals surface area contributed by atoms with Crippen molar-refractivity contribution in [2.45, 2.75) is 89.9 Å². The third-order valence-corrected chi connectivity index (χ3v) is 4.65. The molecule has 0 aromatic carbocycles. The summed E-state index contributed by atoms with van der Waals surface area (Å²) in [4.78, 5) is 21.6. The summed E-state index contributed by atoms with van der Waals surface area (Å²) in [5, 5.41) is 24.1. The summed E-state index contributed by atoms with van der Waals surface area (Å²) in [6, 6.07) is 0. The molecule has 224 valence electrons. The van der Waals surface area contributed by atoms with Crippen molar-refractivity contribution in [1.82, 2.24) is 0 Å². The van der Waals surface area contributed by atoms with E-state index in [0.29, 0.717) is 32.1 Å². The van der Waals surface area contributed by atoms with Crippen LogP contribution in [0, 0.1) is 35.5 Å². The highest BCUT2D eigenvalue weighted by molar-refractivity contribution is 5.69.